The smallest absolute Gasteiger partial charge is 0.269 e. The largest absolute Gasteiger partial charge is 0.370 e. The van der Waals surface area contributed by atoms with Crippen molar-refractivity contribution in [2.75, 3.05) is 18.4 Å². The van der Waals surface area contributed by atoms with E-state index < -0.39 is 0 Å². The number of nitrogens with one attached hydrogen (secondary N) is 2. The average Bonchev–Trinajstić information content (AvgIpc) is 2.50. The van der Waals surface area contributed by atoms with E-state index in [-0.39, 0.29) is 5.91 Å². The fourth-order valence-electron chi connectivity index (χ4n) is 2.94. The van der Waals surface area contributed by atoms with Crippen molar-refractivity contribution in [3.8, 4) is 0 Å². The highest BCUT2D eigenvalue weighted by Crippen LogP contribution is 2.29. The van der Waals surface area contributed by atoms with Crippen LogP contribution in [-0.2, 0) is 0 Å². The maximum absolute atomic E-state index is 12.1. The van der Waals surface area contributed by atoms with Crippen molar-refractivity contribution in [3.05, 3.63) is 23.9 Å². The van der Waals surface area contributed by atoms with Crippen LogP contribution in [0.4, 0.5) is 5.82 Å². The Morgan fingerprint density at radius 2 is 2.05 bits per heavy atom. The summed E-state index contributed by atoms with van der Waals surface area (Å²) in [5.41, 5.74) is 0.491. The third-order valence-corrected chi connectivity index (χ3v) is 4.31. The molecule has 1 amide bonds. The predicted octanol–water partition coefficient (Wildman–Crippen LogP) is 3.46. The molecule has 21 heavy (non-hydrogen) atoms. The molecule has 1 aromatic heterocycles. The van der Waals surface area contributed by atoms with E-state index in [4.69, 9.17) is 0 Å². The van der Waals surface area contributed by atoms with E-state index in [0.717, 1.165) is 37.2 Å². The molecule has 0 aromatic carbocycles. The molecule has 0 aliphatic heterocycles. The van der Waals surface area contributed by atoms with Crippen molar-refractivity contribution in [1.29, 1.82) is 0 Å². The van der Waals surface area contributed by atoms with Gasteiger partial charge in [-0.1, -0.05) is 38.7 Å². The van der Waals surface area contributed by atoms with E-state index in [1.165, 1.54) is 25.7 Å². The van der Waals surface area contributed by atoms with Crippen LogP contribution in [0.2, 0.25) is 0 Å². The Bertz CT molecular complexity index is 453. The van der Waals surface area contributed by atoms with Crippen LogP contribution >= 0.6 is 0 Å². The highest BCUT2D eigenvalue weighted by atomic mass is 16.1. The maximum Gasteiger partial charge on any atom is 0.269 e. The van der Waals surface area contributed by atoms with Gasteiger partial charge in [0.25, 0.3) is 5.91 Å². The van der Waals surface area contributed by atoms with E-state index in [1.54, 1.807) is 6.07 Å². The summed E-state index contributed by atoms with van der Waals surface area (Å²) in [6, 6.07) is 5.50. The normalized spacial score (nSPS) is 21.8. The lowest BCUT2D eigenvalue weighted by atomic mass is 9.81. The summed E-state index contributed by atoms with van der Waals surface area (Å²) in [7, 11) is 0. The molecule has 1 aliphatic rings. The molecule has 116 valence electrons. The second-order valence-electron chi connectivity index (χ2n) is 6.11. The van der Waals surface area contributed by atoms with E-state index >= 15 is 0 Å². The molecular weight excluding hydrogens is 262 g/mol. The maximum atomic E-state index is 12.1. The Balaban J connectivity index is 1.75. The Labute approximate surface area is 127 Å². The molecule has 2 rings (SSSR count). The van der Waals surface area contributed by atoms with E-state index in [0.29, 0.717) is 5.69 Å². The van der Waals surface area contributed by atoms with Gasteiger partial charge in [-0.2, -0.15) is 0 Å². The fraction of sp³-hybridized carbons (Fsp3) is 0.647. The van der Waals surface area contributed by atoms with Gasteiger partial charge in [0.15, 0.2) is 0 Å². The molecule has 1 aliphatic carbocycles. The van der Waals surface area contributed by atoms with Gasteiger partial charge >= 0.3 is 0 Å². The SMILES string of the molecule is CCNc1cccc(C(=O)NCCC2CCC(C)CC2)n1. The molecule has 2 N–H and O–H groups in total. The number of rotatable bonds is 6. The van der Waals surface area contributed by atoms with Crippen LogP contribution in [0.25, 0.3) is 0 Å². The number of amides is 1. The Morgan fingerprint density at radius 3 is 2.76 bits per heavy atom. The van der Waals surface area contributed by atoms with Crippen LogP contribution in [0.3, 0.4) is 0 Å². The number of hydrogen-bond donors (Lipinski definition) is 2. The molecule has 0 radical (unpaired) electrons. The number of hydrogen-bond acceptors (Lipinski definition) is 3. The Kier molecular flexibility index (Phi) is 6.03. The van der Waals surface area contributed by atoms with Crippen molar-refractivity contribution in [2.45, 2.75) is 46.0 Å². The van der Waals surface area contributed by atoms with E-state index in [1.807, 2.05) is 19.1 Å². The third kappa shape index (κ3) is 5.03. The summed E-state index contributed by atoms with van der Waals surface area (Å²) in [5, 5.41) is 6.12. The molecule has 1 heterocycles. The highest BCUT2D eigenvalue weighted by Gasteiger charge is 2.18. The zero-order valence-corrected chi connectivity index (χ0v) is 13.2. The van der Waals surface area contributed by atoms with Crippen molar-refractivity contribution in [2.24, 2.45) is 11.8 Å². The summed E-state index contributed by atoms with van der Waals surface area (Å²) in [6.07, 6.45) is 6.39. The topological polar surface area (TPSA) is 54.0 Å². The molecule has 1 aromatic rings. The molecule has 0 unspecified atom stereocenters. The van der Waals surface area contributed by atoms with Gasteiger partial charge in [-0.25, -0.2) is 4.98 Å². The highest BCUT2D eigenvalue weighted by molar-refractivity contribution is 5.92. The lowest BCUT2D eigenvalue weighted by Gasteiger charge is -2.26. The lowest BCUT2D eigenvalue weighted by Crippen LogP contribution is -2.27. The second kappa shape index (κ2) is 8.01. The van der Waals surface area contributed by atoms with Gasteiger partial charge in [-0.15, -0.1) is 0 Å². The van der Waals surface area contributed by atoms with Crippen molar-refractivity contribution < 1.29 is 4.79 Å². The second-order valence-corrected chi connectivity index (χ2v) is 6.11. The van der Waals surface area contributed by atoms with Gasteiger partial charge in [0.05, 0.1) is 0 Å². The summed E-state index contributed by atoms with van der Waals surface area (Å²) in [4.78, 5) is 16.4. The predicted molar refractivity (Wildman–Crippen MR) is 86.5 cm³/mol. The fourth-order valence-corrected chi connectivity index (χ4v) is 2.94. The van der Waals surface area contributed by atoms with Gasteiger partial charge in [0.2, 0.25) is 0 Å². The van der Waals surface area contributed by atoms with Crippen molar-refractivity contribution in [1.82, 2.24) is 10.3 Å². The molecular formula is C17H27N3O. The first-order chi connectivity index (χ1) is 10.2. The molecule has 1 fully saturated rings. The van der Waals surface area contributed by atoms with Gasteiger partial charge in [-0.3, -0.25) is 4.79 Å². The zero-order chi connectivity index (χ0) is 15.1. The number of nitrogens with zero attached hydrogens (tertiary/aromatic N) is 1. The van der Waals surface area contributed by atoms with Crippen LogP contribution in [0, 0.1) is 11.8 Å². The van der Waals surface area contributed by atoms with Crippen molar-refractivity contribution in [3.63, 3.8) is 0 Å². The van der Waals surface area contributed by atoms with Gasteiger partial charge in [0.1, 0.15) is 11.5 Å². The first-order valence-corrected chi connectivity index (χ1v) is 8.18. The van der Waals surface area contributed by atoms with Gasteiger partial charge in [-0.05, 0) is 37.3 Å². The standard InChI is InChI=1S/C17H27N3O/c1-3-18-16-6-4-5-15(20-16)17(21)19-12-11-14-9-7-13(2)8-10-14/h4-6,13-14H,3,7-12H2,1-2H3,(H,18,20)(H,19,21). The molecule has 0 atom stereocenters. The van der Waals surface area contributed by atoms with Crippen molar-refractivity contribution >= 4 is 11.7 Å². The third-order valence-electron chi connectivity index (χ3n) is 4.31. The molecule has 4 heteroatoms. The molecule has 0 bridgehead atoms. The van der Waals surface area contributed by atoms with Crippen LogP contribution in [-0.4, -0.2) is 24.0 Å². The molecule has 1 saturated carbocycles. The monoisotopic (exact) mass is 289 g/mol. The van der Waals surface area contributed by atoms with Gasteiger partial charge in [0, 0.05) is 13.1 Å². The quantitative estimate of drug-likeness (QED) is 0.843. The van der Waals surface area contributed by atoms with E-state index in [2.05, 4.69) is 22.5 Å². The number of carbonyl (C=O) groups excluding carboxylic acids is 1. The minimum Gasteiger partial charge on any atom is -0.370 e. The summed E-state index contributed by atoms with van der Waals surface area (Å²) in [5.74, 6) is 2.35. The number of carbonyl (C=O) groups is 1. The lowest BCUT2D eigenvalue weighted by molar-refractivity contribution is 0.0945. The summed E-state index contributed by atoms with van der Waals surface area (Å²) in [6.45, 7) is 5.91. The average molecular weight is 289 g/mol. The van der Waals surface area contributed by atoms with Crippen LogP contribution in [0.15, 0.2) is 18.2 Å². The summed E-state index contributed by atoms with van der Waals surface area (Å²) < 4.78 is 0. The minimum atomic E-state index is -0.0704. The zero-order valence-electron chi connectivity index (χ0n) is 13.2. The number of aromatic nitrogens is 1. The van der Waals surface area contributed by atoms with E-state index in [9.17, 15) is 4.79 Å². The molecule has 0 spiro atoms. The Hall–Kier alpha value is -1.58. The van der Waals surface area contributed by atoms with Crippen LogP contribution < -0.4 is 10.6 Å². The van der Waals surface area contributed by atoms with Crippen LogP contribution in [0.1, 0.15) is 56.4 Å². The molecule has 4 nitrogen and oxygen atoms in total. The van der Waals surface area contributed by atoms with Gasteiger partial charge < -0.3 is 10.6 Å². The number of pyridine rings is 1. The first-order valence-electron chi connectivity index (χ1n) is 8.18. The minimum absolute atomic E-state index is 0.0704. The summed E-state index contributed by atoms with van der Waals surface area (Å²) >= 11 is 0. The number of anilines is 1. The molecule has 0 saturated heterocycles. The van der Waals surface area contributed by atoms with Crippen LogP contribution in [0.5, 0.6) is 0 Å². The first kappa shape index (κ1) is 15.8. The Morgan fingerprint density at radius 1 is 1.29 bits per heavy atom.